The van der Waals surface area contributed by atoms with Crippen molar-refractivity contribution in [2.24, 2.45) is 0 Å². The largest absolute Gasteiger partial charge is 0.495 e. The third kappa shape index (κ3) is 6.13. The van der Waals surface area contributed by atoms with Crippen LogP contribution in [0.2, 0.25) is 0 Å². The smallest absolute Gasteiger partial charge is 0.331 e. The second-order valence-electron chi connectivity index (χ2n) is 6.19. The van der Waals surface area contributed by atoms with Gasteiger partial charge in [0.25, 0.3) is 5.91 Å². The molecule has 0 aliphatic heterocycles. The molecule has 2 rings (SSSR count). The normalized spacial score (nSPS) is 11.5. The summed E-state index contributed by atoms with van der Waals surface area (Å²) < 4.78 is 48.4. The maximum atomic E-state index is 12.9. The van der Waals surface area contributed by atoms with Gasteiger partial charge in [-0.15, -0.1) is 0 Å². The summed E-state index contributed by atoms with van der Waals surface area (Å²) in [6.45, 7) is -0.597. The molecular weight excluding hydrogens is 415 g/mol. The van der Waals surface area contributed by atoms with E-state index in [9.17, 15) is 22.4 Å². The van der Waals surface area contributed by atoms with E-state index in [1.165, 1.54) is 69.7 Å². The van der Waals surface area contributed by atoms with Crippen molar-refractivity contribution in [1.29, 1.82) is 0 Å². The van der Waals surface area contributed by atoms with Crippen LogP contribution in [0.15, 0.2) is 53.4 Å². The number of carbonyl (C=O) groups is 2. The minimum atomic E-state index is -3.71. The molecular formula is C20H21FN2O6S. The van der Waals surface area contributed by atoms with E-state index in [0.717, 1.165) is 10.4 Å². The standard InChI is InChI=1S/C20H21FN2O6S/c1-23(2)30(26,27)16-9-10-18(28-3)17(12-16)22-19(24)13-29-20(25)11-6-14-4-7-15(21)8-5-14/h4-12H,13H2,1-3H3,(H,22,24)/b11-6+. The third-order valence-corrected chi connectivity index (χ3v) is 5.66. The maximum absolute atomic E-state index is 12.9. The number of benzene rings is 2. The van der Waals surface area contributed by atoms with Crippen LogP contribution in [0.3, 0.4) is 0 Å². The number of nitrogens with zero attached hydrogens (tertiary/aromatic N) is 1. The molecule has 0 radical (unpaired) electrons. The highest BCUT2D eigenvalue weighted by atomic mass is 32.2. The summed E-state index contributed by atoms with van der Waals surface area (Å²) in [4.78, 5) is 23.8. The van der Waals surface area contributed by atoms with Gasteiger partial charge in [-0.25, -0.2) is 21.9 Å². The number of sulfonamides is 1. The van der Waals surface area contributed by atoms with E-state index in [0.29, 0.717) is 5.56 Å². The van der Waals surface area contributed by atoms with Gasteiger partial charge in [-0.1, -0.05) is 12.1 Å². The van der Waals surface area contributed by atoms with Crippen LogP contribution in [-0.2, 0) is 24.3 Å². The van der Waals surface area contributed by atoms with Crippen LogP contribution in [-0.4, -0.2) is 52.4 Å². The first kappa shape index (κ1) is 23.0. The number of amides is 1. The molecule has 0 fully saturated rings. The van der Waals surface area contributed by atoms with Crippen molar-refractivity contribution in [2.75, 3.05) is 33.1 Å². The predicted octanol–water partition coefficient (Wildman–Crippen LogP) is 2.28. The molecule has 0 aliphatic rings. The first-order chi connectivity index (χ1) is 14.1. The zero-order chi connectivity index (χ0) is 22.3. The Morgan fingerprint density at radius 2 is 1.80 bits per heavy atom. The molecule has 0 atom stereocenters. The molecule has 0 spiro atoms. The Hall–Kier alpha value is -3.24. The van der Waals surface area contributed by atoms with Crippen LogP contribution in [0.4, 0.5) is 10.1 Å². The molecule has 2 aromatic rings. The first-order valence-corrected chi connectivity index (χ1v) is 10.1. The average molecular weight is 436 g/mol. The van der Waals surface area contributed by atoms with Crippen molar-refractivity contribution in [3.05, 3.63) is 59.9 Å². The number of anilines is 1. The molecule has 10 heteroatoms. The van der Waals surface area contributed by atoms with E-state index < -0.39 is 34.3 Å². The fourth-order valence-electron chi connectivity index (χ4n) is 2.27. The van der Waals surface area contributed by atoms with E-state index in [2.05, 4.69) is 5.32 Å². The molecule has 0 saturated heterocycles. The number of rotatable bonds is 8. The van der Waals surface area contributed by atoms with Crippen molar-refractivity contribution < 1.29 is 31.9 Å². The van der Waals surface area contributed by atoms with E-state index in [1.807, 2.05) is 0 Å². The minimum absolute atomic E-state index is 0.0391. The van der Waals surface area contributed by atoms with Gasteiger partial charge in [0, 0.05) is 20.2 Å². The molecule has 0 unspecified atom stereocenters. The number of carbonyl (C=O) groups excluding carboxylic acids is 2. The summed E-state index contributed by atoms with van der Waals surface area (Å²) >= 11 is 0. The number of ether oxygens (including phenoxy) is 2. The van der Waals surface area contributed by atoms with Crippen LogP contribution in [0, 0.1) is 5.82 Å². The molecule has 0 aromatic heterocycles. The Balaban J connectivity index is 2.01. The number of halogens is 1. The van der Waals surface area contributed by atoms with Crippen molar-refractivity contribution in [3.63, 3.8) is 0 Å². The SMILES string of the molecule is COc1ccc(S(=O)(=O)N(C)C)cc1NC(=O)COC(=O)/C=C/c1ccc(F)cc1. The summed E-state index contributed by atoms with van der Waals surface area (Å²) in [5.41, 5.74) is 0.699. The Labute approximate surface area is 174 Å². The van der Waals surface area contributed by atoms with Crippen molar-refractivity contribution in [3.8, 4) is 5.75 Å². The second kappa shape index (κ2) is 9.99. The highest BCUT2D eigenvalue weighted by Crippen LogP contribution is 2.28. The molecule has 0 saturated carbocycles. The Kier molecular flexibility index (Phi) is 7.67. The monoisotopic (exact) mass is 436 g/mol. The predicted molar refractivity (Wildman–Crippen MR) is 109 cm³/mol. The zero-order valence-electron chi connectivity index (χ0n) is 16.6. The fraction of sp³-hybridized carbons (Fsp3) is 0.200. The van der Waals surface area contributed by atoms with Crippen LogP contribution in [0.5, 0.6) is 5.75 Å². The maximum Gasteiger partial charge on any atom is 0.331 e. The molecule has 0 heterocycles. The highest BCUT2D eigenvalue weighted by molar-refractivity contribution is 7.89. The second-order valence-corrected chi connectivity index (χ2v) is 8.34. The lowest BCUT2D eigenvalue weighted by atomic mass is 10.2. The zero-order valence-corrected chi connectivity index (χ0v) is 17.4. The van der Waals surface area contributed by atoms with E-state index in [4.69, 9.17) is 9.47 Å². The topological polar surface area (TPSA) is 102 Å². The Bertz CT molecular complexity index is 1050. The van der Waals surface area contributed by atoms with Gasteiger partial charge in [0.2, 0.25) is 10.0 Å². The molecule has 0 aliphatic carbocycles. The molecule has 1 N–H and O–H groups in total. The van der Waals surface area contributed by atoms with Gasteiger partial charge in [-0.2, -0.15) is 0 Å². The highest BCUT2D eigenvalue weighted by Gasteiger charge is 2.20. The fourth-order valence-corrected chi connectivity index (χ4v) is 3.19. The molecule has 0 bridgehead atoms. The third-order valence-electron chi connectivity index (χ3n) is 3.85. The first-order valence-electron chi connectivity index (χ1n) is 8.64. The number of methoxy groups -OCH3 is 1. The Morgan fingerprint density at radius 3 is 2.40 bits per heavy atom. The summed E-state index contributed by atoms with van der Waals surface area (Å²) in [6, 6.07) is 9.46. The number of hydrogen-bond donors (Lipinski definition) is 1. The molecule has 8 nitrogen and oxygen atoms in total. The van der Waals surface area contributed by atoms with E-state index >= 15 is 0 Å². The van der Waals surface area contributed by atoms with Crippen LogP contribution < -0.4 is 10.1 Å². The van der Waals surface area contributed by atoms with E-state index in [1.54, 1.807) is 0 Å². The summed E-state index contributed by atoms with van der Waals surface area (Å²) in [6.07, 6.45) is 2.52. The summed E-state index contributed by atoms with van der Waals surface area (Å²) in [5, 5.41) is 2.46. The number of esters is 1. The van der Waals surface area contributed by atoms with Crippen LogP contribution >= 0.6 is 0 Å². The molecule has 1 amide bonds. The van der Waals surface area contributed by atoms with Crippen LogP contribution in [0.1, 0.15) is 5.56 Å². The quantitative estimate of drug-likeness (QED) is 0.503. The number of hydrogen-bond acceptors (Lipinski definition) is 6. The summed E-state index contributed by atoms with van der Waals surface area (Å²) in [7, 11) is 0.424. The van der Waals surface area contributed by atoms with Gasteiger partial charge >= 0.3 is 5.97 Å². The lowest BCUT2D eigenvalue weighted by Gasteiger charge is -2.15. The lowest BCUT2D eigenvalue weighted by molar-refractivity contribution is -0.142. The Morgan fingerprint density at radius 1 is 1.13 bits per heavy atom. The lowest BCUT2D eigenvalue weighted by Crippen LogP contribution is -2.23. The van der Waals surface area contributed by atoms with Crippen molar-refractivity contribution >= 4 is 33.7 Å². The summed E-state index contributed by atoms with van der Waals surface area (Å²) in [5.74, 6) is -1.62. The number of nitrogens with one attached hydrogen (secondary N) is 1. The van der Waals surface area contributed by atoms with Gasteiger partial charge in [0.05, 0.1) is 17.7 Å². The van der Waals surface area contributed by atoms with Gasteiger partial charge in [-0.3, -0.25) is 4.79 Å². The van der Waals surface area contributed by atoms with Crippen molar-refractivity contribution in [1.82, 2.24) is 4.31 Å². The van der Waals surface area contributed by atoms with Gasteiger partial charge in [-0.05, 0) is 42.0 Å². The average Bonchev–Trinajstić information content (AvgIpc) is 2.71. The van der Waals surface area contributed by atoms with Gasteiger partial charge < -0.3 is 14.8 Å². The molecule has 30 heavy (non-hydrogen) atoms. The van der Waals surface area contributed by atoms with Gasteiger partial charge in [0.15, 0.2) is 6.61 Å². The van der Waals surface area contributed by atoms with E-state index in [-0.39, 0.29) is 16.3 Å². The molecule has 2 aromatic carbocycles. The van der Waals surface area contributed by atoms with Crippen LogP contribution in [0.25, 0.3) is 6.08 Å². The van der Waals surface area contributed by atoms with Crippen molar-refractivity contribution in [2.45, 2.75) is 4.90 Å². The molecule has 160 valence electrons. The van der Waals surface area contributed by atoms with Gasteiger partial charge in [0.1, 0.15) is 11.6 Å². The minimum Gasteiger partial charge on any atom is -0.495 e.